The van der Waals surface area contributed by atoms with Crippen LogP contribution in [0.1, 0.15) is 30.1 Å². The van der Waals surface area contributed by atoms with Crippen molar-refractivity contribution in [3.63, 3.8) is 0 Å². The fourth-order valence-corrected chi connectivity index (χ4v) is 2.62. The Balaban J connectivity index is 2.30. The van der Waals surface area contributed by atoms with Crippen LogP contribution in [0.3, 0.4) is 0 Å². The Labute approximate surface area is 120 Å². The molecule has 2 aromatic carbocycles. The lowest BCUT2D eigenvalue weighted by Gasteiger charge is -2.26. The van der Waals surface area contributed by atoms with Gasteiger partial charge >= 0.3 is 0 Å². The standard InChI is InChI=1S/C18H20N2/c1-14(17(19-2)15-10-6-4-7-11-15)18(20-3)16-12-8-5-9-13-16/h4-14,17-18H,2-3H2,1H3. The highest BCUT2D eigenvalue weighted by atomic mass is 14.8. The second-order valence-electron chi connectivity index (χ2n) is 4.94. The summed E-state index contributed by atoms with van der Waals surface area (Å²) < 4.78 is 0. The summed E-state index contributed by atoms with van der Waals surface area (Å²) in [5, 5.41) is 0. The van der Waals surface area contributed by atoms with Crippen molar-refractivity contribution in [1.29, 1.82) is 0 Å². The van der Waals surface area contributed by atoms with Gasteiger partial charge in [-0.1, -0.05) is 67.6 Å². The van der Waals surface area contributed by atoms with Gasteiger partial charge in [0.2, 0.25) is 0 Å². The van der Waals surface area contributed by atoms with Crippen molar-refractivity contribution in [2.75, 3.05) is 0 Å². The first-order valence-electron chi connectivity index (χ1n) is 6.79. The van der Waals surface area contributed by atoms with Crippen molar-refractivity contribution >= 4 is 13.4 Å². The minimum absolute atomic E-state index is 0.0203. The number of aliphatic imine (C=N–C) groups is 2. The molecule has 0 aliphatic heterocycles. The van der Waals surface area contributed by atoms with E-state index in [0.29, 0.717) is 0 Å². The predicted octanol–water partition coefficient (Wildman–Crippen LogP) is 4.51. The third kappa shape index (κ3) is 3.02. The summed E-state index contributed by atoms with van der Waals surface area (Å²) in [5.41, 5.74) is 2.33. The van der Waals surface area contributed by atoms with Crippen LogP contribution in [0.5, 0.6) is 0 Å². The smallest absolute Gasteiger partial charge is 0.0791 e. The zero-order chi connectivity index (χ0) is 14.4. The molecule has 2 heteroatoms. The molecule has 2 rings (SSSR count). The second-order valence-corrected chi connectivity index (χ2v) is 4.94. The van der Waals surface area contributed by atoms with E-state index in [1.807, 2.05) is 36.4 Å². The second kappa shape index (κ2) is 6.80. The number of hydrogen-bond acceptors (Lipinski definition) is 2. The van der Waals surface area contributed by atoms with Crippen LogP contribution in [0.15, 0.2) is 70.6 Å². The van der Waals surface area contributed by atoms with Gasteiger partial charge in [0.25, 0.3) is 0 Å². The molecule has 20 heavy (non-hydrogen) atoms. The Bertz CT molecular complexity index is 497. The number of nitrogens with zero attached hydrogens (tertiary/aromatic N) is 2. The highest BCUT2D eigenvalue weighted by Crippen LogP contribution is 2.37. The maximum absolute atomic E-state index is 4.31. The van der Waals surface area contributed by atoms with Crippen molar-refractivity contribution in [2.45, 2.75) is 19.0 Å². The lowest BCUT2D eigenvalue weighted by molar-refractivity contribution is 0.399. The summed E-state index contributed by atoms with van der Waals surface area (Å²) in [6.07, 6.45) is 0. The van der Waals surface area contributed by atoms with Gasteiger partial charge in [0.1, 0.15) is 0 Å². The molecular weight excluding hydrogens is 244 g/mol. The molecule has 102 valence electrons. The molecule has 0 aromatic heterocycles. The molecule has 0 saturated carbocycles. The van der Waals surface area contributed by atoms with E-state index in [9.17, 15) is 0 Å². The molecule has 2 aromatic rings. The van der Waals surface area contributed by atoms with E-state index in [2.05, 4.69) is 54.6 Å². The largest absolute Gasteiger partial charge is 0.292 e. The SMILES string of the molecule is C=NC(c1ccccc1)C(C)C(N=C)c1ccccc1. The number of hydrogen-bond donors (Lipinski definition) is 0. The maximum atomic E-state index is 4.31. The summed E-state index contributed by atoms with van der Waals surface area (Å²) in [6, 6.07) is 20.5. The van der Waals surface area contributed by atoms with Crippen LogP contribution < -0.4 is 0 Å². The molecule has 0 aliphatic rings. The number of rotatable bonds is 6. The van der Waals surface area contributed by atoms with Gasteiger partial charge in [-0.2, -0.15) is 0 Å². The van der Waals surface area contributed by atoms with Gasteiger partial charge in [-0.05, 0) is 24.6 Å². The molecule has 0 amide bonds. The molecule has 0 saturated heterocycles. The number of benzene rings is 2. The van der Waals surface area contributed by atoms with Crippen LogP contribution in [-0.2, 0) is 0 Å². The topological polar surface area (TPSA) is 24.7 Å². The first-order chi connectivity index (χ1) is 9.77. The predicted molar refractivity (Wildman–Crippen MR) is 86.6 cm³/mol. The van der Waals surface area contributed by atoms with E-state index < -0.39 is 0 Å². The van der Waals surface area contributed by atoms with E-state index in [1.165, 1.54) is 11.1 Å². The summed E-state index contributed by atoms with van der Waals surface area (Å²) in [4.78, 5) is 8.63. The molecule has 0 aliphatic carbocycles. The van der Waals surface area contributed by atoms with Gasteiger partial charge in [-0.15, -0.1) is 0 Å². The van der Waals surface area contributed by atoms with E-state index in [1.54, 1.807) is 0 Å². The van der Waals surface area contributed by atoms with Crippen molar-refractivity contribution in [3.8, 4) is 0 Å². The average molecular weight is 264 g/mol. The summed E-state index contributed by atoms with van der Waals surface area (Å²) >= 11 is 0. The van der Waals surface area contributed by atoms with Gasteiger partial charge in [-0.3, -0.25) is 9.98 Å². The third-order valence-corrected chi connectivity index (χ3v) is 3.67. The first kappa shape index (κ1) is 14.2. The molecule has 2 nitrogen and oxygen atoms in total. The molecule has 0 radical (unpaired) electrons. The van der Waals surface area contributed by atoms with E-state index in [0.717, 1.165) is 0 Å². The van der Waals surface area contributed by atoms with Crippen LogP contribution in [0, 0.1) is 5.92 Å². The van der Waals surface area contributed by atoms with Crippen LogP contribution >= 0.6 is 0 Å². The Morgan fingerprint density at radius 2 is 1.05 bits per heavy atom. The van der Waals surface area contributed by atoms with Gasteiger partial charge in [0.15, 0.2) is 0 Å². The van der Waals surface area contributed by atoms with E-state index in [-0.39, 0.29) is 18.0 Å². The molecule has 2 atom stereocenters. The molecule has 0 fully saturated rings. The van der Waals surface area contributed by atoms with Gasteiger partial charge in [0.05, 0.1) is 12.1 Å². The van der Waals surface area contributed by atoms with E-state index >= 15 is 0 Å². The highest BCUT2D eigenvalue weighted by Gasteiger charge is 2.26. The van der Waals surface area contributed by atoms with Gasteiger partial charge < -0.3 is 0 Å². The van der Waals surface area contributed by atoms with Crippen LogP contribution in [0.25, 0.3) is 0 Å². The Hall–Kier alpha value is -2.22. The minimum atomic E-state index is 0.0203. The average Bonchev–Trinajstić information content (AvgIpc) is 2.51. The van der Waals surface area contributed by atoms with Crippen LogP contribution in [0.2, 0.25) is 0 Å². The lowest BCUT2D eigenvalue weighted by atomic mass is 9.85. The molecule has 0 spiro atoms. The quantitative estimate of drug-likeness (QED) is 0.686. The van der Waals surface area contributed by atoms with E-state index in [4.69, 9.17) is 0 Å². The monoisotopic (exact) mass is 264 g/mol. The van der Waals surface area contributed by atoms with Gasteiger partial charge in [0, 0.05) is 5.92 Å². The normalized spacial score (nSPS) is 15.1. The highest BCUT2D eigenvalue weighted by molar-refractivity contribution is 5.33. The van der Waals surface area contributed by atoms with Crippen molar-refractivity contribution in [2.24, 2.45) is 15.9 Å². The molecule has 0 N–H and O–H groups in total. The first-order valence-corrected chi connectivity index (χ1v) is 6.79. The molecule has 2 unspecified atom stereocenters. The van der Waals surface area contributed by atoms with Crippen molar-refractivity contribution in [1.82, 2.24) is 0 Å². The third-order valence-electron chi connectivity index (χ3n) is 3.67. The summed E-state index contributed by atoms with van der Waals surface area (Å²) in [6.45, 7) is 9.67. The van der Waals surface area contributed by atoms with Crippen molar-refractivity contribution in [3.05, 3.63) is 71.8 Å². The zero-order valence-electron chi connectivity index (χ0n) is 11.8. The Morgan fingerprint density at radius 1 is 0.700 bits per heavy atom. The van der Waals surface area contributed by atoms with Gasteiger partial charge in [-0.25, -0.2) is 0 Å². The summed E-state index contributed by atoms with van der Waals surface area (Å²) in [5.74, 6) is 0.204. The van der Waals surface area contributed by atoms with Crippen LogP contribution in [0.4, 0.5) is 0 Å². The fraction of sp³-hybridized carbons (Fsp3) is 0.222. The fourth-order valence-electron chi connectivity index (χ4n) is 2.62. The van der Waals surface area contributed by atoms with Crippen molar-refractivity contribution < 1.29 is 0 Å². The lowest BCUT2D eigenvalue weighted by Crippen LogP contribution is -2.15. The Kier molecular flexibility index (Phi) is 4.83. The Morgan fingerprint density at radius 3 is 1.35 bits per heavy atom. The molecular formula is C18H20N2. The molecule has 0 heterocycles. The zero-order valence-corrected chi connectivity index (χ0v) is 11.8. The molecule has 0 bridgehead atoms. The summed E-state index contributed by atoms with van der Waals surface area (Å²) in [7, 11) is 0. The van der Waals surface area contributed by atoms with Crippen LogP contribution in [-0.4, -0.2) is 13.4 Å². The minimum Gasteiger partial charge on any atom is -0.292 e. The maximum Gasteiger partial charge on any atom is 0.0791 e.